The van der Waals surface area contributed by atoms with Crippen molar-refractivity contribution in [1.29, 1.82) is 0 Å². The number of carbonyl (C=O) groups is 3. The Labute approximate surface area is 161 Å². The van der Waals surface area contributed by atoms with E-state index < -0.39 is 24.4 Å². The molecule has 2 aromatic heterocycles. The van der Waals surface area contributed by atoms with Crippen LogP contribution in [-0.4, -0.2) is 29.4 Å². The summed E-state index contributed by atoms with van der Waals surface area (Å²) in [6.45, 7) is -0.559. The van der Waals surface area contributed by atoms with Crippen LogP contribution in [0.15, 0.2) is 47.2 Å². The Morgan fingerprint density at radius 2 is 2.00 bits per heavy atom. The second-order valence-corrected chi connectivity index (χ2v) is 7.15. The maximum atomic E-state index is 13.3. The molecule has 0 saturated heterocycles. The largest absolute Gasteiger partial charge is 0.455 e. The van der Waals surface area contributed by atoms with Crippen molar-refractivity contribution in [2.45, 2.75) is 6.42 Å². The molecule has 0 aliphatic heterocycles. The van der Waals surface area contributed by atoms with Crippen LogP contribution in [-0.2, 0) is 20.7 Å². The molecule has 0 spiro atoms. The summed E-state index contributed by atoms with van der Waals surface area (Å²) in [7, 11) is 0. The van der Waals surface area contributed by atoms with Crippen molar-refractivity contribution in [3.05, 3.63) is 63.5 Å². The third-order valence-corrected chi connectivity index (χ3v) is 5.12. The van der Waals surface area contributed by atoms with Gasteiger partial charge in [0.05, 0.1) is 17.0 Å². The molecular formula is C18H13FN2O4S2. The summed E-state index contributed by atoms with van der Waals surface area (Å²) in [6.07, 6.45) is -0.127. The van der Waals surface area contributed by atoms with Gasteiger partial charge in [-0.3, -0.25) is 19.7 Å². The minimum atomic E-state index is -0.708. The number of rotatable bonds is 6. The summed E-state index contributed by atoms with van der Waals surface area (Å²) in [5.41, 5.74) is 1.07. The Bertz CT molecular complexity index is 969. The average Bonchev–Trinajstić information content (AvgIpc) is 3.32. The van der Waals surface area contributed by atoms with E-state index in [1.165, 1.54) is 34.8 Å². The smallest absolute Gasteiger partial charge is 0.312 e. The lowest BCUT2D eigenvalue weighted by molar-refractivity contribution is -0.147. The second kappa shape index (κ2) is 8.65. The number of thiophene rings is 1. The molecule has 1 aromatic carbocycles. The van der Waals surface area contributed by atoms with Crippen molar-refractivity contribution in [3.63, 3.8) is 0 Å². The molecule has 2 amide bonds. The summed E-state index contributed by atoms with van der Waals surface area (Å²) < 4.78 is 18.1. The first-order valence-electron chi connectivity index (χ1n) is 7.75. The molecule has 0 unspecified atom stereocenters. The van der Waals surface area contributed by atoms with Crippen molar-refractivity contribution < 1.29 is 23.5 Å². The molecule has 6 nitrogen and oxygen atoms in total. The fourth-order valence-electron chi connectivity index (χ4n) is 2.12. The van der Waals surface area contributed by atoms with Crippen LogP contribution >= 0.6 is 22.7 Å². The van der Waals surface area contributed by atoms with Gasteiger partial charge in [-0.15, -0.1) is 22.7 Å². The van der Waals surface area contributed by atoms with E-state index in [9.17, 15) is 18.8 Å². The number of benzene rings is 1. The summed E-state index contributed by atoms with van der Waals surface area (Å²) in [5, 5.41) is 6.10. The lowest BCUT2D eigenvalue weighted by atomic mass is 10.2. The number of nitrogens with one attached hydrogen (secondary N) is 1. The van der Waals surface area contributed by atoms with Gasteiger partial charge in [-0.05, 0) is 23.6 Å². The molecule has 27 heavy (non-hydrogen) atoms. The molecule has 3 aromatic rings. The molecule has 1 N–H and O–H groups in total. The molecule has 0 radical (unpaired) electrons. The lowest BCUT2D eigenvalue weighted by Crippen LogP contribution is -2.33. The van der Waals surface area contributed by atoms with Gasteiger partial charge in [-0.1, -0.05) is 18.2 Å². The van der Waals surface area contributed by atoms with Crippen LogP contribution in [0.1, 0.15) is 15.4 Å². The van der Waals surface area contributed by atoms with Gasteiger partial charge >= 0.3 is 5.97 Å². The first kappa shape index (κ1) is 18.9. The zero-order valence-corrected chi connectivity index (χ0v) is 15.4. The Balaban J connectivity index is 1.48. The van der Waals surface area contributed by atoms with Crippen molar-refractivity contribution in [1.82, 2.24) is 10.3 Å². The molecule has 0 saturated carbocycles. The normalized spacial score (nSPS) is 10.4. The van der Waals surface area contributed by atoms with E-state index in [1.54, 1.807) is 35.0 Å². The highest BCUT2D eigenvalue weighted by Gasteiger charge is 2.15. The molecular weight excluding hydrogens is 391 g/mol. The summed E-state index contributed by atoms with van der Waals surface area (Å²) in [5.74, 6) is -2.26. The van der Waals surface area contributed by atoms with Crippen molar-refractivity contribution >= 4 is 40.5 Å². The Hall–Kier alpha value is -2.91. The minimum absolute atomic E-state index is 0.127. The number of imide groups is 1. The molecule has 0 bridgehead atoms. The van der Waals surface area contributed by atoms with E-state index in [2.05, 4.69) is 10.3 Å². The van der Waals surface area contributed by atoms with Gasteiger partial charge in [0, 0.05) is 10.9 Å². The van der Waals surface area contributed by atoms with Gasteiger partial charge in [0.15, 0.2) is 6.61 Å². The maximum Gasteiger partial charge on any atom is 0.312 e. The number of esters is 1. The third-order valence-electron chi connectivity index (χ3n) is 3.31. The molecule has 0 aliphatic carbocycles. The van der Waals surface area contributed by atoms with Gasteiger partial charge in [-0.2, -0.15) is 0 Å². The lowest BCUT2D eigenvalue weighted by Gasteiger charge is -2.04. The SMILES string of the molecule is O=C(COC(=O)Cc1csc(-c2cccc(F)c2)n1)NC(=O)c1cccs1. The number of aromatic nitrogens is 1. The molecule has 3 rings (SSSR count). The number of nitrogens with zero attached hydrogens (tertiary/aromatic N) is 1. The maximum absolute atomic E-state index is 13.3. The Morgan fingerprint density at radius 1 is 1.15 bits per heavy atom. The van der Waals surface area contributed by atoms with Gasteiger partial charge in [0.2, 0.25) is 0 Å². The van der Waals surface area contributed by atoms with Crippen molar-refractivity contribution in [2.75, 3.05) is 6.61 Å². The minimum Gasteiger partial charge on any atom is -0.455 e. The summed E-state index contributed by atoms with van der Waals surface area (Å²) in [6, 6.07) is 9.27. The predicted molar refractivity (Wildman–Crippen MR) is 99.0 cm³/mol. The number of hydrogen-bond donors (Lipinski definition) is 1. The fourth-order valence-corrected chi connectivity index (χ4v) is 3.55. The van der Waals surface area contributed by atoms with E-state index >= 15 is 0 Å². The Kier molecular flexibility index (Phi) is 6.05. The number of ether oxygens (including phenoxy) is 1. The fraction of sp³-hybridized carbons (Fsp3) is 0.111. The highest BCUT2D eigenvalue weighted by atomic mass is 32.1. The van der Waals surface area contributed by atoms with E-state index in [-0.39, 0.29) is 12.2 Å². The molecule has 0 atom stereocenters. The third kappa shape index (κ3) is 5.28. The summed E-state index contributed by atoms with van der Waals surface area (Å²) in [4.78, 5) is 39.9. The van der Waals surface area contributed by atoms with Crippen LogP contribution in [0.2, 0.25) is 0 Å². The molecule has 2 heterocycles. The van der Waals surface area contributed by atoms with Crippen LogP contribution < -0.4 is 5.32 Å². The molecule has 138 valence electrons. The zero-order chi connectivity index (χ0) is 19.2. The Morgan fingerprint density at radius 3 is 2.74 bits per heavy atom. The van der Waals surface area contributed by atoms with Gasteiger partial charge < -0.3 is 4.74 Å². The summed E-state index contributed by atoms with van der Waals surface area (Å²) >= 11 is 2.47. The van der Waals surface area contributed by atoms with Crippen LogP contribution in [0.5, 0.6) is 0 Å². The zero-order valence-electron chi connectivity index (χ0n) is 13.8. The van der Waals surface area contributed by atoms with E-state index in [0.717, 1.165) is 0 Å². The number of amides is 2. The van der Waals surface area contributed by atoms with E-state index in [4.69, 9.17) is 4.74 Å². The average molecular weight is 404 g/mol. The second-order valence-electron chi connectivity index (χ2n) is 5.35. The van der Waals surface area contributed by atoms with E-state index in [1.807, 2.05) is 0 Å². The molecule has 0 fully saturated rings. The monoisotopic (exact) mass is 404 g/mol. The van der Waals surface area contributed by atoms with Crippen molar-refractivity contribution in [2.24, 2.45) is 0 Å². The standard InChI is InChI=1S/C18H13FN2O4S2/c19-12-4-1-3-11(7-12)18-20-13(10-27-18)8-16(23)25-9-15(22)21-17(24)14-5-2-6-26-14/h1-7,10H,8-9H2,(H,21,22,24). The van der Waals surface area contributed by atoms with E-state index in [0.29, 0.717) is 21.1 Å². The number of hydrogen-bond acceptors (Lipinski definition) is 7. The highest BCUT2D eigenvalue weighted by Crippen LogP contribution is 2.24. The quantitative estimate of drug-likeness (QED) is 0.639. The van der Waals surface area contributed by atoms with Crippen LogP contribution in [0.4, 0.5) is 4.39 Å². The predicted octanol–water partition coefficient (Wildman–Crippen LogP) is 3.05. The first-order chi connectivity index (χ1) is 13.0. The van der Waals surface area contributed by atoms with Crippen LogP contribution in [0.25, 0.3) is 10.6 Å². The topological polar surface area (TPSA) is 85.4 Å². The van der Waals surface area contributed by atoms with Gasteiger partial charge in [0.25, 0.3) is 11.8 Å². The number of halogens is 1. The first-order valence-corrected chi connectivity index (χ1v) is 9.51. The van der Waals surface area contributed by atoms with Gasteiger partial charge in [-0.25, -0.2) is 9.37 Å². The van der Waals surface area contributed by atoms with Crippen molar-refractivity contribution in [3.8, 4) is 10.6 Å². The molecule has 0 aliphatic rings. The van der Waals surface area contributed by atoms with Crippen LogP contribution in [0.3, 0.4) is 0 Å². The van der Waals surface area contributed by atoms with Crippen LogP contribution in [0, 0.1) is 5.82 Å². The molecule has 9 heteroatoms. The van der Waals surface area contributed by atoms with Gasteiger partial charge in [0.1, 0.15) is 10.8 Å². The number of carbonyl (C=O) groups excluding carboxylic acids is 3. The number of thiazole rings is 1. The highest BCUT2D eigenvalue weighted by molar-refractivity contribution is 7.13.